The summed E-state index contributed by atoms with van der Waals surface area (Å²) in [5.41, 5.74) is 2.47. The van der Waals surface area contributed by atoms with Gasteiger partial charge in [0.2, 0.25) is 5.13 Å². The number of carbonyl (C=O) groups excluding carboxylic acids is 3. The molecule has 2 heterocycles. The number of anilines is 3. The number of thiazole rings is 1. The first kappa shape index (κ1) is 19.2. The predicted molar refractivity (Wildman–Crippen MR) is 121 cm³/mol. The molecule has 0 atom stereocenters. The van der Waals surface area contributed by atoms with Crippen LogP contribution in [0.4, 0.5) is 21.3 Å². The lowest BCUT2D eigenvalue weighted by molar-refractivity contribution is 0.0926. The van der Waals surface area contributed by atoms with Crippen LogP contribution in [0.25, 0.3) is 10.2 Å². The van der Waals surface area contributed by atoms with Gasteiger partial charge in [-0.1, -0.05) is 41.1 Å². The van der Waals surface area contributed by atoms with Crippen LogP contribution >= 0.6 is 22.9 Å². The summed E-state index contributed by atoms with van der Waals surface area (Å²) in [6, 6.07) is 18.3. The smallest absolute Gasteiger partial charge is 0.308 e. The van der Waals surface area contributed by atoms with Gasteiger partial charge in [0.1, 0.15) is 0 Å². The van der Waals surface area contributed by atoms with E-state index in [-0.39, 0.29) is 11.8 Å². The number of halogens is 1. The zero-order valence-corrected chi connectivity index (χ0v) is 17.3. The van der Waals surface area contributed by atoms with Crippen LogP contribution in [0.5, 0.6) is 0 Å². The van der Waals surface area contributed by atoms with Crippen molar-refractivity contribution in [3.63, 3.8) is 0 Å². The van der Waals surface area contributed by atoms with Gasteiger partial charge in [-0.05, 0) is 48.5 Å². The molecule has 9 heteroatoms. The SMILES string of the molecule is O=C(Nc1cccc(Cl)c1)Nc1ccc2nc(N3C(=O)c4ccccc4C3=O)sc2c1. The van der Waals surface area contributed by atoms with Gasteiger partial charge in [-0.2, -0.15) is 0 Å². The van der Waals surface area contributed by atoms with Crippen LogP contribution in [0.1, 0.15) is 20.7 Å². The average molecular weight is 449 g/mol. The summed E-state index contributed by atoms with van der Waals surface area (Å²) in [6.45, 7) is 0. The van der Waals surface area contributed by atoms with Crippen molar-refractivity contribution in [2.75, 3.05) is 15.5 Å². The molecule has 0 spiro atoms. The van der Waals surface area contributed by atoms with E-state index < -0.39 is 6.03 Å². The molecular formula is C22H13ClN4O3S. The van der Waals surface area contributed by atoms with Gasteiger partial charge in [-0.25, -0.2) is 14.7 Å². The largest absolute Gasteiger partial charge is 0.323 e. The summed E-state index contributed by atoms with van der Waals surface area (Å²) in [7, 11) is 0. The molecule has 0 aliphatic carbocycles. The van der Waals surface area contributed by atoms with E-state index in [1.54, 1.807) is 66.7 Å². The molecule has 0 radical (unpaired) electrons. The molecule has 7 nitrogen and oxygen atoms in total. The minimum Gasteiger partial charge on any atom is -0.308 e. The highest BCUT2D eigenvalue weighted by molar-refractivity contribution is 7.22. The number of fused-ring (bicyclic) bond motifs is 2. The summed E-state index contributed by atoms with van der Waals surface area (Å²) >= 11 is 7.13. The first-order chi connectivity index (χ1) is 15.0. The average Bonchev–Trinajstić information content (AvgIpc) is 3.26. The Morgan fingerprint density at radius 2 is 1.55 bits per heavy atom. The zero-order valence-electron chi connectivity index (χ0n) is 15.8. The fourth-order valence-corrected chi connectivity index (χ4v) is 4.50. The summed E-state index contributed by atoms with van der Waals surface area (Å²) in [6.07, 6.45) is 0. The number of imide groups is 1. The van der Waals surface area contributed by atoms with Crippen molar-refractivity contribution in [2.24, 2.45) is 0 Å². The third kappa shape index (κ3) is 3.52. The quantitative estimate of drug-likeness (QED) is 0.411. The fraction of sp³-hybridized carbons (Fsp3) is 0. The van der Waals surface area contributed by atoms with Gasteiger partial charge in [-0.3, -0.25) is 9.59 Å². The fourth-order valence-electron chi connectivity index (χ4n) is 3.31. The molecule has 0 saturated carbocycles. The van der Waals surface area contributed by atoms with Crippen molar-refractivity contribution in [2.45, 2.75) is 0 Å². The van der Waals surface area contributed by atoms with Crippen molar-refractivity contribution in [3.8, 4) is 0 Å². The number of aromatic nitrogens is 1. The van der Waals surface area contributed by atoms with E-state index in [1.807, 2.05) is 0 Å². The number of nitrogens with one attached hydrogen (secondary N) is 2. The van der Waals surface area contributed by atoms with Crippen LogP contribution in [-0.2, 0) is 0 Å². The topological polar surface area (TPSA) is 91.4 Å². The van der Waals surface area contributed by atoms with Gasteiger partial charge in [0, 0.05) is 16.4 Å². The first-order valence-electron chi connectivity index (χ1n) is 9.21. The summed E-state index contributed by atoms with van der Waals surface area (Å²) in [5, 5.41) is 6.27. The van der Waals surface area contributed by atoms with Gasteiger partial charge in [0.25, 0.3) is 11.8 Å². The maximum absolute atomic E-state index is 12.7. The molecule has 1 aliphatic rings. The van der Waals surface area contributed by atoms with Gasteiger partial charge in [0.15, 0.2) is 0 Å². The molecular weight excluding hydrogens is 436 g/mol. The molecule has 2 N–H and O–H groups in total. The Bertz CT molecular complexity index is 1350. The molecule has 31 heavy (non-hydrogen) atoms. The molecule has 4 amide bonds. The number of rotatable bonds is 3. The molecule has 0 unspecified atom stereocenters. The number of hydrogen-bond donors (Lipinski definition) is 2. The second-order valence-electron chi connectivity index (χ2n) is 6.76. The molecule has 152 valence electrons. The molecule has 1 aromatic heterocycles. The van der Waals surface area contributed by atoms with E-state index >= 15 is 0 Å². The van der Waals surface area contributed by atoms with Crippen molar-refractivity contribution < 1.29 is 14.4 Å². The summed E-state index contributed by atoms with van der Waals surface area (Å²) in [5.74, 6) is -0.780. The van der Waals surface area contributed by atoms with Crippen LogP contribution < -0.4 is 15.5 Å². The number of amides is 4. The minimum absolute atomic E-state index is 0.293. The molecule has 4 aromatic rings. The molecule has 5 rings (SSSR count). The van der Waals surface area contributed by atoms with Gasteiger partial charge in [0.05, 0.1) is 21.3 Å². The summed E-state index contributed by atoms with van der Waals surface area (Å²) < 4.78 is 0.729. The van der Waals surface area contributed by atoms with E-state index in [0.717, 1.165) is 9.60 Å². The number of benzene rings is 3. The Labute approximate surface area is 185 Å². The monoisotopic (exact) mass is 448 g/mol. The number of nitrogens with zero attached hydrogens (tertiary/aromatic N) is 2. The Hall–Kier alpha value is -3.75. The number of carbonyl (C=O) groups is 3. The Morgan fingerprint density at radius 1 is 0.871 bits per heavy atom. The van der Waals surface area contributed by atoms with E-state index in [1.165, 1.54) is 11.3 Å². The lowest BCUT2D eigenvalue weighted by atomic mass is 10.1. The van der Waals surface area contributed by atoms with Crippen molar-refractivity contribution in [1.29, 1.82) is 0 Å². The normalized spacial score (nSPS) is 12.9. The first-order valence-corrected chi connectivity index (χ1v) is 10.4. The molecule has 0 bridgehead atoms. The van der Waals surface area contributed by atoms with Crippen LogP contribution in [0.2, 0.25) is 5.02 Å². The Morgan fingerprint density at radius 3 is 2.23 bits per heavy atom. The van der Waals surface area contributed by atoms with Gasteiger partial charge in [-0.15, -0.1) is 0 Å². The number of urea groups is 1. The maximum Gasteiger partial charge on any atom is 0.323 e. The molecule has 3 aromatic carbocycles. The lowest BCUT2D eigenvalue weighted by Crippen LogP contribution is -2.29. The second kappa shape index (κ2) is 7.50. The van der Waals surface area contributed by atoms with Crippen LogP contribution in [0.15, 0.2) is 66.7 Å². The zero-order chi connectivity index (χ0) is 21.5. The van der Waals surface area contributed by atoms with Crippen LogP contribution in [0.3, 0.4) is 0 Å². The minimum atomic E-state index is -0.424. The van der Waals surface area contributed by atoms with E-state index in [4.69, 9.17) is 11.6 Å². The van der Waals surface area contributed by atoms with Gasteiger partial charge >= 0.3 is 6.03 Å². The van der Waals surface area contributed by atoms with Gasteiger partial charge < -0.3 is 10.6 Å². The van der Waals surface area contributed by atoms with Crippen LogP contribution in [0, 0.1) is 0 Å². The van der Waals surface area contributed by atoms with E-state index in [2.05, 4.69) is 15.6 Å². The molecule has 0 saturated heterocycles. The predicted octanol–water partition coefficient (Wildman–Crippen LogP) is 5.39. The molecule has 0 fully saturated rings. The third-order valence-electron chi connectivity index (χ3n) is 4.70. The third-order valence-corrected chi connectivity index (χ3v) is 5.94. The highest BCUT2D eigenvalue weighted by atomic mass is 35.5. The lowest BCUT2D eigenvalue weighted by Gasteiger charge is -2.08. The highest BCUT2D eigenvalue weighted by Crippen LogP contribution is 2.35. The summed E-state index contributed by atoms with van der Waals surface area (Å²) in [4.78, 5) is 43.2. The second-order valence-corrected chi connectivity index (χ2v) is 8.21. The maximum atomic E-state index is 12.7. The van der Waals surface area contributed by atoms with Crippen molar-refractivity contribution in [1.82, 2.24) is 4.98 Å². The van der Waals surface area contributed by atoms with E-state index in [9.17, 15) is 14.4 Å². The van der Waals surface area contributed by atoms with E-state index in [0.29, 0.717) is 38.2 Å². The standard InChI is InChI=1S/C22H13ClN4O3S/c23-12-4-3-5-13(10-12)24-21(30)25-14-8-9-17-18(11-14)31-22(26-17)27-19(28)15-6-1-2-7-16(15)20(27)29/h1-11H,(H2,24,25,30). The van der Waals surface area contributed by atoms with Crippen molar-refractivity contribution >= 4 is 67.5 Å². The van der Waals surface area contributed by atoms with Crippen LogP contribution in [-0.4, -0.2) is 22.8 Å². The van der Waals surface area contributed by atoms with Crippen molar-refractivity contribution in [3.05, 3.63) is 82.9 Å². The Kier molecular flexibility index (Phi) is 4.65. The Balaban J connectivity index is 1.38. The highest BCUT2D eigenvalue weighted by Gasteiger charge is 2.38. The number of hydrogen-bond acceptors (Lipinski definition) is 5. The molecule has 1 aliphatic heterocycles.